The van der Waals surface area contributed by atoms with Crippen LogP contribution in [-0.4, -0.2) is 93.3 Å². The lowest BCUT2D eigenvalue weighted by Gasteiger charge is -2.13. The number of nitrogen functional groups attached to an aromatic ring is 1. The SMILES string of the molecule is CC(C)n1nc(-c2cccc(F)c2)c(Cl)c1C(F)(F)F.CC(C)n1nc(-c2ccccc2)c(Br)c1C(F)(F)F.CC(C)n1nc(CNC(N)=O)c(Cl)c1C(F)(F)F.CCOC(=O)c1nn(C(C)C)c(-c2cccs2)c1Cl.CSc1c(Cl)c(-c2ccc(F)cc2)nn1C(C)C.Cc1c(Cl)c(C(C)C)nn1C(C)C.Cc1nn(C(C)C)c(N)c1Br. The molecule has 3 aromatic carbocycles. The molecule has 0 aliphatic rings. The minimum absolute atomic E-state index is 0.0140. The molecule has 11 rings (SSSR count). The predicted octanol–water partition coefficient (Wildman–Crippen LogP) is 26.5. The van der Waals surface area contributed by atoms with Crippen molar-refractivity contribution in [2.24, 2.45) is 5.73 Å². The summed E-state index contributed by atoms with van der Waals surface area (Å²) >= 11 is 39.8. The lowest BCUT2D eigenvalue weighted by atomic mass is 10.1. The molecule has 0 bridgehead atoms. The number of benzene rings is 3. The molecule has 20 nitrogen and oxygen atoms in total. The number of amides is 2. The molecule has 2 amide bonds. The Morgan fingerprint density at radius 1 is 0.517 bits per heavy atom. The third-order valence-corrected chi connectivity index (χ3v) is 21.8. The molecule has 8 aromatic heterocycles. The van der Waals surface area contributed by atoms with Gasteiger partial charge in [0.2, 0.25) is 0 Å². The number of aromatic nitrogens is 14. The van der Waals surface area contributed by atoms with Gasteiger partial charge in [0.25, 0.3) is 0 Å². The number of carbonyl (C=O) groups is 2. The molecule has 11 aromatic rings. The maximum Gasteiger partial charge on any atom is 0.434 e. The molecule has 646 valence electrons. The van der Waals surface area contributed by atoms with Crippen LogP contribution in [0.5, 0.6) is 0 Å². The van der Waals surface area contributed by atoms with Gasteiger partial charge in [-0.1, -0.05) is 120 Å². The number of nitrogens with one attached hydrogen (secondary N) is 1. The highest BCUT2D eigenvalue weighted by Crippen LogP contribution is 2.45. The highest BCUT2D eigenvalue weighted by molar-refractivity contribution is 9.11. The Morgan fingerprint density at radius 3 is 1.38 bits per heavy atom. The minimum Gasteiger partial charge on any atom is -0.461 e. The van der Waals surface area contributed by atoms with Crippen LogP contribution in [0.2, 0.25) is 25.1 Å². The number of hydrogen-bond donors (Lipinski definition) is 3. The van der Waals surface area contributed by atoms with Gasteiger partial charge in [-0.15, -0.1) is 23.1 Å². The molecule has 5 N–H and O–H groups in total. The fourth-order valence-electron chi connectivity index (χ4n) is 10.9. The molecule has 0 unspecified atom stereocenters. The van der Waals surface area contributed by atoms with E-state index in [2.05, 4.69) is 128 Å². The number of nitrogens with two attached hydrogens (primary N) is 2. The van der Waals surface area contributed by atoms with Crippen molar-refractivity contribution in [1.29, 1.82) is 0 Å². The average molecular weight is 1930 g/mol. The van der Waals surface area contributed by atoms with Crippen LogP contribution in [0.3, 0.4) is 0 Å². The van der Waals surface area contributed by atoms with Crippen molar-refractivity contribution in [1.82, 2.24) is 73.8 Å². The highest BCUT2D eigenvalue weighted by atomic mass is 79.9. The number of thiophene rings is 1. The molecule has 0 saturated carbocycles. The Bertz CT molecular complexity index is 5080. The van der Waals surface area contributed by atoms with Crippen molar-refractivity contribution in [3.05, 3.63) is 188 Å². The minimum atomic E-state index is -4.63. The van der Waals surface area contributed by atoms with E-state index in [1.54, 1.807) is 117 Å². The van der Waals surface area contributed by atoms with Crippen LogP contribution in [0.25, 0.3) is 44.3 Å². The summed E-state index contributed by atoms with van der Waals surface area (Å²) in [6.07, 6.45) is -11.7. The predicted molar refractivity (Wildman–Crippen MR) is 455 cm³/mol. The number of urea groups is 1. The van der Waals surface area contributed by atoms with Gasteiger partial charge < -0.3 is 21.5 Å². The highest BCUT2D eigenvalue weighted by Gasteiger charge is 2.43. The van der Waals surface area contributed by atoms with Gasteiger partial charge in [-0.3, -0.25) is 28.1 Å². The van der Waals surface area contributed by atoms with Crippen LogP contribution in [0.1, 0.15) is 216 Å². The zero-order valence-corrected chi connectivity index (χ0v) is 76.6. The summed E-state index contributed by atoms with van der Waals surface area (Å²) in [5.74, 6) is -0.206. The number of nitrogens with zero attached hydrogens (tertiary/aromatic N) is 14. The molecule has 0 saturated heterocycles. The summed E-state index contributed by atoms with van der Waals surface area (Å²) in [6.45, 7) is 35.9. The second kappa shape index (κ2) is 43.7. The number of primary amides is 1. The lowest BCUT2D eigenvalue weighted by molar-refractivity contribution is -0.145. The number of carbonyl (C=O) groups excluding carboxylic acids is 2. The van der Waals surface area contributed by atoms with Gasteiger partial charge in [0.1, 0.15) is 55.3 Å². The topological polar surface area (TPSA) is 232 Å². The van der Waals surface area contributed by atoms with Gasteiger partial charge in [0, 0.05) is 59.0 Å². The summed E-state index contributed by atoms with van der Waals surface area (Å²) in [6, 6.07) is 22.8. The van der Waals surface area contributed by atoms with Crippen LogP contribution in [0.4, 0.5) is 58.9 Å². The molecule has 118 heavy (non-hydrogen) atoms. The number of esters is 1. The Kier molecular flexibility index (Phi) is 37.4. The van der Waals surface area contributed by atoms with Gasteiger partial charge in [0.15, 0.2) is 22.8 Å². The van der Waals surface area contributed by atoms with Crippen molar-refractivity contribution in [2.75, 3.05) is 18.6 Å². The molecule has 0 fully saturated rings. The van der Waals surface area contributed by atoms with Gasteiger partial charge in [0.05, 0.1) is 64.8 Å². The van der Waals surface area contributed by atoms with Crippen molar-refractivity contribution in [2.45, 2.75) is 210 Å². The number of anilines is 1. The zero-order chi connectivity index (χ0) is 89.4. The number of alkyl halides is 9. The third kappa shape index (κ3) is 26.0. The normalized spacial score (nSPS) is 11.6. The second-order valence-corrected chi connectivity index (χ2v) is 33.3. The van der Waals surface area contributed by atoms with Gasteiger partial charge >= 0.3 is 30.5 Å². The first-order chi connectivity index (χ1) is 54.8. The fourth-order valence-corrected chi connectivity index (χ4v) is 15.1. The monoisotopic (exact) mass is 1920 g/mol. The van der Waals surface area contributed by atoms with Crippen molar-refractivity contribution in [3.8, 4) is 44.3 Å². The largest absolute Gasteiger partial charge is 0.461 e. The Morgan fingerprint density at radius 2 is 0.992 bits per heavy atom. The van der Waals surface area contributed by atoms with Crippen molar-refractivity contribution in [3.63, 3.8) is 0 Å². The van der Waals surface area contributed by atoms with E-state index in [0.29, 0.717) is 57.4 Å². The van der Waals surface area contributed by atoms with Crippen LogP contribution < -0.4 is 16.8 Å². The fraction of sp³-hybridized carbons (Fsp3) is 0.423. The van der Waals surface area contributed by atoms with Gasteiger partial charge in [-0.05, 0) is 210 Å². The summed E-state index contributed by atoms with van der Waals surface area (Å²) in [5, 5.41) is 35.1. The molecule has 0 aliphatic heterocycles. The number of halogens is 18. The quantitative estimate of drug-likeness (QED) is 0.0439. The molecule has 0 spiro atoms. The Hall–Kier alpha value is -7.64. The second-order valence-electron chi connectivity index (χ2n) is 28.1. The van der Waals surface area contributed by atoms with Crippen LogP contribution in [0.15, 0.2) is 110 Å². The maximum atomic E-state index is 13.2. The average Bonchev–Trinajstić information content (AvgIpc) is 1.64. The van der Waals surface area contributed by atoms with E-state index >= 15 is 0 Å². The van der Waals surface area contributed by atoms with Gasteiger partial charge in [-0.25, -0.2) is 23.1 Å². The van der Waals surface area contributed by atoms with Crippen LogP contribution >= 0.6 is 113 Å². The summed E-state index contributed by atoms with van der Waals surface area (Å²) in [7, 11) is 0. The molecule has 0 aliphatic carbocycles. The van der Waals surface area contributed by atoms with Crippen molar-refractivity contribution < 1.29 is 62.6 Å². The molecular weight excluding hydrogens is 1830 g/mol. The van der Waals surface area contributed by atoms with Crippen LogP contribution in [-0.2, 0) is 29.8 Å². The first-order valence-corrected chi connectivity index (χ1v) is 42.0. The Labute approximate surface area is 728 Å². The molecule has 8 heterocycles. The number of aryl methyl sites for hydroxylation is 1. The van der Waals surface area contributed by atoms with E-state index in [9.17, 15) is 57.9 Å². The third-order valence-electron chi connectivity index (χ3n) is 16.3. The molecule has 40 heteroatoms. The van der Waals surface area contributed by atoms with E-state index in [-0.39, 0.29) is 57.6 Å². The standard InChI is InChI=1S/C13H12BrF3N2.C13H11ClF4N2.C13H14ClFN2S.C13H15ClN2O2S.C10H17ClN2.C9H12ClF3N4O.C7H12BrN3/c1-8(2)19-12(13(15,16)17)10(14)11(18-19)9-6-4-3-5-7-9;1-7(2)20-12(13(16,17)18)10(14)11(19-20)8-4-3-5-9(15)6-8;1-8(2)17-13(18-3)11(14)12(16-17)9-4-6-10(15)7-5-9;1-4-18-13(17)11-10(14)12(9-6-5-7-19-9)16(15-11)8(2)3;1-6(2)10-9(11)8(5)13(12-10)7(3)4;1-4(2)17-7(9(11,12)13)6(10)5(16-17)3-15-8(14)18;1-4(2)11-7(9)6(8)5(3)10-11/h3-8H,1-2H3;3-7H,1-2H3;4-8H,1-3H3;5-8H,4H2,1-3H3;6-7H,1-5H3;4H,3H2,1-2H3,(H3,14,15,18);4H,9H2,1-3H3. The number of ether oxygens (including phenoxy) is 1. The van der Waals surface area contributed by atoms with Crippen LogP contribution in [0, 0.1) is 25.5 Å². The van der Waals surface area contributed by atoms with E-state index in [1.807, 2.05) is 66.9 Å². The van der Waals surface area contributed by atoms with E-state index in [4.69, 9.17) is 74.2 Å². The molecule has 0 radical (unpaired) electrons. The first kappa shape index (κ1) is 101. The first-order valence-electron chi connectivity index (χ1n) is 36.5. The number of thioether (sulfide) groups is 1. The van der Waals surface area contributed by atoms with E-state index in [1.165, 1.54) is 30.3 Å². The molecule has 0 atom stereocenters. The smallest absolute Gasteiger partial charge is 0.434 e. The number of hydrogen-bond acceptors (Lipinski definition) is 13. The zero-order valence-electron chi connectivity index (χ0n) is 68.0. The number of rotatable bonds is 17. The van der Waals surface area contributed by atoms with E-state index in [0.717, 1.165) is 67.8 Å². The van der Waals surface area contributed by atoms with Crippen molar-refractivity contribution >= 4 is 131 Å². The molecular formula is C78H93Br2Cl5F11N17O3S2. The lowest BCUT2D eigenvalue weighted by Crippen LogP contribution is -2.28. The summed E-state index contributed by atoms with van der Waals surface area (Å²) in [5.41, 5.74) is 14.3. The van der Waals surface area contributed by atoms with Gasteiger partial charge in [-0.2, -0.15) is 75.2 Å². The maximum absolute atomic E-state index is 13.2. The summed E-state index contributed by atoms with van der Waals surface area (Å²) < 4.78 is 159. The summed E-state index contributed by atoms with van der Waals surface area (Å²) in [4.78, 5) is 23.3. The Balaban J connectivity index is 0.000000247. The van der Waals surface area contributed by atoms with E-state index < -0.39 is 75.6 Å².